The Kier molecular flexibility index (Phi) is 4.52. The highest BCUT2D eigenvalue weighted by Crippen LogP contribution is 2.29. The summed E-state index contributed by atoms with van der Waals surface area (Å²) in [5, 5.41) is 4.08. The Morgan fingerprint density at radius 2 is 1.77 bits per heavy atom. The van der Waals surface area contributed by atoms with Crippen LogP contribution in [0.15, 0.2) is 77.8 Å². The molecule has 146 valence electrons. The van der Waals surface area contributed by atoms with Crippen LogP contribution in [-0.2, 0) is 11.3 Å². The van der Waals surface area contributed by atoms with Gasteiger partial charge >= 0.3 is 0 Å². The van der Waals surface area contributed by atoms with Crippen molar-refractivity contribution in [2.75, 3.05) is 5.32 Å². The van der Waals surface area contributed by atoms with Gasteiger partial charge in [-0.1, -0.05) is 42.5 Å². The molecule has 0 unspecified atom stereocenters. The van der Waals surface area contributed by atoms with E-state index in [1.165, 1.54) is 11.3 Å². The van der Waals surface area contributed by atoms with Gasteiger partial charge < -0.3 is 5.32 Å². The summed E-state index contributed by atoms with van der Waals surface area (Å²) < 4.78 is 1.10. The summed E-state index contributed by atoms with van der Waals surface area (Å²) in [6.45, 7) is 2.07. The molecule has 30 heavy (non-hydrogen) atoms. The predicted octanol–water partition coefficient (Wildman–Crippen LogP) is 5.71. The summed E-state index contributed by atoms with van der Waals surface area (Å²) in [7, 11) is 0. The van der Waals surface area contributed by atoms with Gasteiger partial charge in [-0.25, -0.2) is 0 Å². The Morgan fingerprint density at radius 3 is 2.60 bits per heavy atom. The Hall–Kier alpha value is -3.57. The highest BCUT2D eigenvalue weighted by atomic mass is 32.1. The third kappa shape index (κ3) is 3.33. The lowest BCUT2D eigenvalue weighted by molar-refractivity contribution is -0.111. The first-order valence-corrected chi connectivity index (χ1v) is 10.5. The first-order chi connectivity index (χ1) is 14.6. The number of anilines is 1. The maximum Gasteiger partial charge on any atom is 0.265 e. The van der Waals surface area contributed by atoms with E-state index < -0.39 is 0 Å². The zero-order valence-corrected chi connectivity index (χ0v) is 17.1. The molecule has 0 bridgehead atoms. The average molecular weight is 410 g/mol. The minimum atomic E-state index is -0.109. The number of carbonyl (C=O) groups excluding carboxylic acids is 2. The van der Waals surface area contributed by atoms with Crippen LogP contribution in [0.2, 0.25) is 0 Å². The summed E-state index contributed by atoms with van der Waals surface area (Å²) >= 11 is 1.49. The Morgan fingerprint density at radius 1 is 0.933 bits per heavy atom. The molecule has 1 amide bonds. The molecule has 1 aliphatic rings. The number of nitrogens with one attached hydrogen (secondary N) is 1. The molecule has 4 nitrogen and oxygen atoms in total. The lowest BCUT2D eigenvalue weighted by Crippen LogP contribution is -2.10. The van der Waals surface area contributed by atoms with Crippen LogP contribution in [0.5, 0.6) is 0 Å². The molecule has 0 saturated carbocycles. The number of hydrogen-bond acceptors (Lipinski definition) is 4. The molecule has 4 aromatic rings. The van der Waals surface area contributed by atoms with Crippen LogP contribution in [0.1, 0.15) is 27.7 Å². The molecule has 1 aromatic heterocycles. The molecular formula is C25H18N2O2S. The number of amides is 1. The first-order valence-electron chi connectivity index (χ1n) is 9.67. The molecule has 2 heterocycles. The number of Topliss-reactive ketones (excluding diaryl/α,β-unsaturated/α-hetero) is 1. The summed E-state index contributed by atoms with van der Waals surface area (Å²) in [6.07, 6.45) is 0. The normalized spacial score (nSPS) is 12.5. The monoisotopic (exact) mass is 410 g/mol. The van der Waals surface area contributed by atoms with Gasteiger partial charge in [-0.15, -0.1) is 11.3 Å². The molecule has 0 radical (unpaired) electrons. The van der Waals surface area contributed by atoms with Crippen LogP contribution in [0.4, 0.5) is 5.69 Å². The fourth-order valence-electron chi connectivity index (χ4n) is 3.75. The Labute approximate surface area is 177 Å². The standard InChI is InChI=1S/C25H18N2O2S/c1-15(28)24-21-10-9-17(11-19(21)14-26-24)16-6-4-7-20(12-16)27-25(29)23-13-18-5-2-3-8-22(18)30-23/h2-13H,14H2,1H3,(H,27,29). The van der Waals surface area contributed by atoms with Crippen molar-refractivity contribution in [2.45, 2.75) is 13.5 Å². The van der Waals surface area contributed by atoms with Gasteiger partial charge in [0.05, 0.1) is 11.4 Å². The summed E-state index contributed by atoms with van der Waals surface area (Å²) in [5.74, 6) is -0.116. The zero-order chi connectivity index (χ0) is 20.7. The average Bonchev–Trinajstić information content (AvgIpc) is 3.37. The third-order valence-electron chi connectivity index (χ3n) is 5.20. The van der Waals surface area contributed by atoms with Crippen LogP contribution in [0.25, 0.3) is 21.2 Å². The van der Waals surface area contributed by atoms with Crippen molar-refractivity contribution in [3.63, 3.8) is 0 Å². The van der Waals surface area contributed by atoms with Crippen molar-refractivity contribution in [2.24, 2.45) is 4.99 Å². The van der Waals surface area contributed by atoms with Gasteiger partial charge in [-0.3, -0.25) is 14.6 Å². The minimum Gasteiger partial charge on any atom is -0.321 e. The molecule has 0 fully saturated rings. The van der Waals surface area contributed by atoms with Gasteiger partial charge in [0.25, 0.3) is 5.91 Å². The maximum absolute atomic E-state index is 12.7. The van der Waals surface area contributed by atoms with Crippen LogP contribution in [-0.4, -0.2) is 17.4 Å². The van der Waals surface area contributed by atoms with E-state index in [0.717, 1.165) is 38.0 Å². The summed E-state index contributed by atoms with van der Waals surface area (Å²) in [4.78, 5) is 29.5. The van der Waals surface area contributed by atoms with E-state index >= 15 is 0 Å². The highest BCUT2D eigenvalue weighted by molar-refractivity contribution is 7.20. The number of nitrogens with zero attached hydrogens (tertiary/aromatic N) is 1. The van der Waals surface area contributed by atoms with Crippen molar-refractivity contribution in [3.8, 4) is 11.1 Å². The summed E-state index contributed by atoms with van der Waals surface area (Å²) in [6, 6.07) is 23.7. The van der Waals surface area contributed by atoms with Crippen LogP contribution >= 0.6 is 11.3 Å². The number of thiophene rings is 1. The number of hydrogen-bond donors (Lipinski definition) is 1. The van der Waals surface area contributed by atoms with Crippen LogP contribution < -0.4 is 5.32 Å². The van der Waals surface area contributed by atoms with E-state index in [9.17, 15) is 9.59 Å². The number of rotatable bonds is 4. The second kappa shape index (κ2) is 7.35. The number of ketones is 1. The molecule has 5 rings (SSSR count). The molecular weight excluding hydrogens is 392 g/mol. The fraction of sp³-hybridized carbons (Fsp3) is 0.0800. The molecule has 0 aliphatic carbocycles. The Balaban J connectivity index is 1.39. The third-order valence-corrected chi connectivity index (χ3v) is 6.32. The van der Waals surface area contributed by atoms with Crippen molar-refractivity contribution >= 4 is 44.5 Å². The van der Waals surface area contributed by atoms with E-state index in [-0.39, 0.29) is 11.7 Å². The first kappa shape index (κ1) is 18.5. The number of aliphatic imine (C=N–C) groups is 1. The molecule has 1 N–H and O–H groups in total. The number of fused-ring (bicyclic) bond motifs is 2. The number of carbonyl (C=O) groups is 2. The van der Waals surface area contributed by atoms with Crippen molar-refractivity contribution in [3.05, 3.63) is 88.8 Å². The molecule has 3 aromatic carbocycles. The van der Waals surface area contributed by atoms with Crippen LogP contribution in [0, 0.1) is 0 Å². The van der Waals surface area contributed by atoms with Crippen molar-refractivity contribution in [1.82, 2.24) is 0 Å². The van der Waals surface area contributed by atoms with Gasteiger partial charge in [-0.2, -0.15) is 0 Å². The van der Waals surface area contributed by atoms with E-state index in [1.807, 2.05) is 66.7 Å². The lowest BCUT2D eigenvalue weighted by atomic mass is 9.97. The van der Waals surface area contributed by atoms with Crippen molar-refractivity contribution < 1.29 is 9.59 Å². The molecule has 0 saturated heterocycles. The smallest absolute Gasteiger partial charge is 0.265 e. The largest absolute Gasteiger partial charge is 0.321 e. The fourth-order valence-corrected chi connectivity index (χ4v) is 4.71. The topological polar surface area (TPSA) is 58.5 Å². The van der Waals surface area contributed by atoms with Gasteiger partial charge in [0, 0.05) is 22.9 Å². The van der Waals surface area contributed by atoms with Gasteiger partial charge in [0.1, 0.15) is 5.71 Å². The number of benzene rings is 3. The lowest BCUT2D eigenvalue weighted by Gasteiger charge is -2.09. The van der Waals surface area contributed by atoms with Gasteiger partial charge in [0.15, 0.2) is 5.78 Å². The Bertz CT molecular complexity index is 1320. The molecule has 0 spiro atoms. The van der Waals surface area contributed by atoms with E-state index in [1.54, 1.807) is 6.92 Å². The van der Waals surface area contributed by atoms with Crippen LogP contribution in [0.3, 0.4) is 0 Å². The maximum atomic E-state index is 12.7. The quantitative estimate of drug-likeness (QED) is 0.468. The molecule has 5 heteroatoms. The van der Waals surface area contributed by atoms with E-state index in [0.29, 0.717) is 17.1 Å². The van der Waals surface area contributed by atoms with Crippen molar-refractivity contribution in [1.29, 1.82) is 0 Å². The zero-order valence-electron chi connectivity index (χ0n) is 16.3. The minimum absolute atomic E-state index is 0.00699. The molecule has 0 atom stereocenters. The SMILES string of the molecule is CC(=O)C1=NCc2cc(-c3cccc(NC(=O)c4cc5ccccc5s4)c3)ccc21. The van der Waals surface area contributed by atoms with Gasteiger partial charge in [0.2, 0.25) is 0 Å². The molecule has 1 aliphatic heterocycles. The highest BCUT2D eigenvalue weighted by Gasteiger charge is 2.19. The summed E-state index contributed by atoms with van der Waals surface area (Å²) in [5.41, 5.74) is 5.31. The predicted molar refractivity (Wildman–Crippen MR) is 123 cm³/mol. The second-order valence-electron chi connectivity index (χ2n) is 7.28. The van der Waals surface area contributed by atoms with E-state index in [2.05, 4.69) is 16.4 Å². The van der Waals surface area contributed by atoms with E-state index in [4.69, 9.17) is 0 Å². The second-order valence-corrected chi connectivity index (χ2v) is 8.36. The van der Waals surface area contributed by atoms with Gasteiger partial charge in [-0.05, 0) is 52.4 Å².